The standard InChI is InChI=1S/C25H26F2N4O2S/c26-19-8-6-18(7-9-19)25(22-5-2-14-34-22)28-16-24(33)31-12-10-30(11-13-31)17-23(32)29-21-4-1-3-20(27)15-21/h1-9,14-15,25,28H,10-13,16-17H2,(H,29,32). The molecule has 0 bridgehead atoms. The van der Waals surface area contributed by atoms with Crippen LogP contribution in [0.15, 0.2) is 66.0 Å². The third-order valence-corrected chi connectivity index (χ3v) is 6.63. The van der Waals surface area contributed by atoms with Crippen LogP contribution in [0.4, 0.5) is 14.5 Å². The minimum absolute atomic E-state index is 0.0208. The Kier molecular flexibility index (Phi) is 7.99. The number of piperazine rings is 1. The average molecular weight is 485 g/mol. The van der Waals surface area contributed by atoms with Crippen LogP contribution in [0.25, 0.3) is 0 Å². The summed E-state index contributed by atoms with van der Waals surface area (Å²) in [5.74, 6) is -0.941. The SMILES string of the molecule is O=C(CN1CCN(C(=O)CNC(c2ccc(F)cc2)c2cccs2)CC1)Nc1cccc(F)c1. The van der Waals surface area contributed by atoms with E-state index in [9.17, 15) is 18.4 Å². The smallest absolute Gasteiger partial charge is 0.238 e. The second kappa shape index (κ2) is 11.3. The topological polar surface area (TPSA) is 64.7 Å². The van der Waals surface area contributed by atoms with E-state index in [0.29, 0.717) is 31.9 Å². The van der Waals surface area contributed by atoms with E-state index in [1.165, 1.54) is 24.3 Å². The summed E-state index contributed by atoms with van der Waals surface area (Å²) in [7, 11) is 0. The number of carbonyl (C=O) groups excluding carboxylic acids is 2. The van der Waals surface area contributed by atoms with Crippen LogP contribution in [0.3, 0.4) is 0 Å². The Morgan fingerprint density at radius 1 is 0.941 bits per heavy atom. The first kappa shape index (κ1) is 24.0. The van der Waals surface area contributed by atoms with Gasteiger partial charge in [-0.05, 0) is 47.3 Å². The maximum Gasteiger partial charge on any atom is 0.238 e. The first-order valence-electron chi connectivity index (χ1n) is 11.1. The number of halogens is 2. The van der Waals surface area contributed by atoms with E-state index in [4.69, 9.17) is 0 Å². The molecule has 2 amide bonds. The number of rotatable bonds is 8. The Morgan fingerprint density at radius 2 is 1.71 bits per heavy atom. The summed E-state index contributed by atoms with van der Waals surface area (Å²) in [6, 6.07) is 15.8. The largest absolute Gasteiger partial charge is 0.339 e. The lowest BCUT2D eigenvalue weighted by molar-refractivity contribution is -0.132. The van der Waals surface area contributed by atoms with Crippen molar-refractivity contribution in [1.82, 2.24) is 15.1 Å². The number of hydrogen-bond acceptors (Lipinski definition) is 5. The Labute approximate surface area is 201 Å². The van der Waals surface area contributed by atoms with Crippen LogP contribution in [0.5, 0.6) is 0 Å². The lowest BCUT2D eigenvalue weighted by atomic mass is 10.1. The Hall–Kier alpha value is -3.14. The maximum atomic E-state index is 13.4. The molecule has 4 rings (SSSR count). The molecule has 1 aromatic heterocycles. The van der Waals surface area contributed by atoms with Crippen LogP contribution in [-0.4, -0.2) is 60.9 Å². The minimum Gasteiger partial charge on any atom is -0.339 e. The highest BCUT2D eigenvalue weighted by Crippen LogP contribution is 2.26. The van der Waals surface area contributed by atoms with Gasteiger partial charge in [0.05, 0.1) is 19.1 Å². The van der Waals surface area contributed by atoms with Gasteiger partial charge in [-0.3, -0.25) is 19.8 Å². The van der Waals surface area contributed by atoms with Crippen molar-refractivity contribution in [3.8, 4) is 0 Å². The van der Waals surface area contributed by atoms with Gasteiger partial charge in [0.1, 0.15) is 11.6 Å². The number of nitrogens with zero attached hydrogens (tertiary/aromatic N) is 2. The number of benzene rings is 2. The summed E-state index contributed by atoms with van der Waals surface area (Å²) in [6.45, 7) is 2.53. The molecule has 178 valence electrons. The van der Waals surface area contributed by atoms with Crippen molar-refractivity contribution >= 4 is 28.8 Å². The van der Waals surface area contributed by atoms with E-state index in [-0.39, 0.29) is 36.8 Å². The molecule has 0 spiro atoms. The molecule has 1 fully saturated rings. The molecule has 0 aliphatic carbocycles. The van der Waals surface area contributed by atoms with Crippen molar-refractivity contribution in [3.05, 3.63) is 88.1 Å². The Morgan fingerprint density at radius 3 is 2.38 bits per heavy atom. The minimum atomic E-state index is -0.403. The molecule has 2 N–H and O–H groups in total. The van der Waals surface area contributed by atoms with Gasteiger partial charge in [0.15, 0.2) is 0 Å². The third-order valence-electron chi connectivity index (χ3n) is 5.69. The third kappa shape index (κ3) is 6.47. The number of amides is 2. The Bertz CT molecular complexity index is 1100. The van der Waals surface area contributed by atoms with Crippen molar-refractivity contribution in [1.29, 1.82) is 0 Å². The molecule has 0 saturated carbocycles. The average Bonchev–Trinajstić information content (AvgIpc) is 3.35. The van der Waals surface area contributed by atoms with Crippen LogP contribution in [0.2, 0.25) is 0 Å². The van der Waals surface area contributed by atoms with Gasteiger partial charge in [-0.1, -0.05) is 24.3 Å². The predicted molar refractivity (Wildman–Crippen MR) is 129 cm³/mol. The van der Waals surface area contributed by atoms with E-state index in [1.54, 1.807) is 40.5 Å². The molecule has 1 saturated heterocycles. The van der Waals surface area contributed by atoms with Crippen molar-refractivity contribution in [2.45, 2.75) is 6.04 Å². The van der Waals surface area contributed by atoms with Crippen molar-refractivity contribution in [2.75, 3.05) is 44.6 Å². The molecule has 1 atom stereocenters. The van der Waals surface area contributed by atoms with Gasteiger partial charge in [0.2, 0.25) is 11.8 Å². The number of thiophene rings is 1. The van der Waals surface area contributed by atoms with Crippen LogP contribution in [0.1, 0.15) is 16.5 Å². The first-order valence-corrected chi connectivity index (χ1v) is 11.9. The zero-order chi connectivity index (χ0) is 23.9. The molecule has 9 heteroatoms. The fourth-order valence-electron chi connectivity index (χ4n) is 3.92. The molecule has 6 nitrogen and oxygen atoms in total. The molecule has 34 heavy (non-hydrogen) atoms. The lowest BCUT2D eigenvalue weighted by Gasteiger charge is -2.34. The number of nitrogens with one attached hydrogen (secondary N) is 2. The van der Waals surface area contributed by atoms with Crippen molar-refractivity contribution < 1.29 is 18.4 Å². The van der Waals surface area contributed by atoms with Gasteiger partial charge in [-0.25, -0.2) is 8.78 Å². The summed E-state index contributed by atoms with van der Waals surface area (Å²) < 4.78 is 26.6. The van der Waals surface area contributed by atoms with Gasteiger partial charge in [-0.2, -0.15) is 0 Å². The second-order valence-electron chi connectivity index (χ2n) is 8.10. The quantitative estimate of drug-likeness (QED) is 0.514. The van der Waals surface area contributed by atoms with Crippen LogP contribution >= 0.6 is 11.3 Å². The highest BCUT2D eigenvalue weighted by Gasteiger charge is 2.24. The van der Waals surface area contributed by atoms with Crippen molar-refractivity contribution in [2.24, 2.45) is 0 Å². The molecule has 1 aliphatic heterocycles. The van der Waals surface area contributed by atoms with Gasteiger partial charge >= 0.3 is 0 Å². The van der Waals surface area contributed by atoms with E-state index in [0.717, 1.165) is 10.4 Å². The zero-order valence-electron chi connectivity index (χ0n) is 18.5. The fourth-order valence-corrected chi connectivity index (χ4v) is 4.75. The highest BCUT2D eigenvalue weighted by atomic mass is 32.1. The van der Waals surface area contributed by atoms with Crippen LogP contribution in [0, 0.1) is 11.6 Å². The fraction of sp³-hybridized carbons (Fsp3) is 0.280. The van der Waals surface area contributed by atoms with Crippen LogP contribution in [-0.2, 0) is 9.59 Å². The molecule has 2 heterocycles. The second-order valence-corrected chi connectivity index (χ2v) is 9.08. The van der Waals surface area contributed by atoms with Gasteiger partial charge in [0.25, 0.3) is 0 Å². The van der Waals surface area contributed by atoms with Gasteiger partial charge in [-0.15, -0.1) is 11.3 Å². The number of carbonyl (C=O) groups is 2. The lowest BCUT2D eigenvalue weighted by Crippen LogP contribution is -2.52. The van der Waals surface area contributed by atoms with Gasteiger partial charge < -0.3 is 10.2 Å². The Balaban J connectivity index is 1.26. The number of hydrogen-bond donors (Lipinski definition) is 2. The predicted octanol–water partition coefficient (Wildman–Crippen LogP) is 3.49. The molecule has 3 aromatic rings. The summed E-state index contributed by atoms with van der Waals surface area (Å²) in [5, 5.41) is 7.99. The summed E-state index contributed by atoms with van der Waals surface area (Å²) in [6.07, 6.45) is 0. The first-order chi connectivity index (χ1) is 16.5. The van der Waals surface area contributed by atoms with Gasteiger partial charge in [0, 0.05) is 36.7 Å². The summed E-state index contributed by atoms with van der Waals surface area (Å²) in [4.78, 5) is 29.9. The maximum absolute atomic E-state index is 13.4. The normalized spacial score (nSPS) is 15.2. The molecular formula is C25H26F2N4O2S. The zero-order valence-corrected chi connectivity index (χ0v) is 19.4. The summed E-state index contributed by atoms with van der Waals surface area (Å²) >= 11 is 1.58. The molecule has 2 aromatic carbocycles. The highest BCUT2D eigenvalue weighted by molar-refractivity contribution is 7.10. The van der Waals surface area contributed by atoms with E-state index < -0.39 is 5.82 Å². The number of anilines is 1. The monoisotopic (exact) mass is 484 g/mol. The summed E-state index contributed by atoms with van der Waals surface area (Å²) in [5.41, 5.74) is 1.32. The van der Waals surface area contributed by atoms with E-state index >= 15 is 0 Å². The molecule has 1 unspecified atom stereocenters. The van der Waals surface area contributed by atoms with E-state index in [2.05, 4.69) is 10.6 Å². The molecular weight excluding hydrogens is 458 g/mol. The van der Waals surface area contributed by atoms with E-state index in [1.807, 2.05) is 22.4 Å². The molecule has 0 radical (unpaired) electrons. The van der Waals surface area contributed by atoms with Crippen LogP contribution < -0.4 is 10.6 Å². The molecule has 1 aliphatic rings. The van der Waals surface area contributed by atoms with Crippen molar-refractivity contribution in [3.63, 3.8) is 0 Å².